The van der Waals surface area contributed by atoms with E-state index in [0.29, 0.717) is 17.5 Å². The summed E-state index contributed by atoms with van der Waals surface area (Å²) in [6, 6.07) is 61.4. The fraction of sp³-hybridized carbons (Fsp3) is 0. The van der Waals surface area contributed by atoms with Crippen LogP contribution in [0.5, 0.6) is 0 Å². The van der Waals surface area contributed by atoms with Gasteiger partial charge in [0.15, 0.2) is 17.5 Å². The normalized spacial score (nSPS) is 11.8. The van der Waals surface area contributed by atoms with Crippen molar-refractivity contribution >= 4 is 82.9 Å². The highest BCUT2D eigenvalue weighted by atomic mass is 16.3. The first-order valence-corrected chi connectivity index (χ1v) is 19.2. The maximum Gasteiger partial charge on any atom is 0.164 e. The SMILES string of the molecule is c1ccc(-c2nc(-c3ccccc3)nc(-c3cccc4oc5cc(N(c6cccc7oc8ccccc8c67)c6cccc7oc8ccccc8c67)ccc5c34)n2)cc1. The molecule has 0 atom stereocenters. The lowest BCUT2D eigenvalue weighted by atomic mass is 10.0. The van der Waals surface area contributed by atoms with Gasteiger partial charge in [0.2, 0.25) is 0 Å². The fourth-order valence-corrected chi connectivity index (χ4v) is 8.36. The number of fused-ring (bicyclic) bond motifs is 9. The van der Waals surface area contributed by atoms with Gasteiger partial charge in [-0.3, -0.25) is 0 Å². The molecule has 0 bridgehead atoms. The molecule has 0 fully saturated rings. The number of hydrogen-bond acceptors (Lipinski definition) is 7. The molecular formula is C51H30N4O3. The minimum atomic E-state index is 0.573. The van der Waals surface area contributed by atoms with Crippen molar-refractivity contribution in [2.24, 2.45) is 0 Å². The number of para-hydroxylation sites is 2. The zero-order valence-electron chi connectivity index (χ0n) is 30.8. The molecule has 0 aliphatic rings. The summed E-state index contributed by atoms with van der Waals surface area (Å²) in [6.07, 6.45) is 0. The predicted octanol–water partition coefficient (Wildman–Crippen LogP) is 14.0. The van der Waals surface area contributed by atoms with E-state index in [9.17, 15) is 0 Å². The summed E-state index contributed by atoms with van der Waals surface area (Å²) in [6.45, 7) is 0. The summed E-state index contributed by atoms with van der Waals surface area (Å²) in [5.74, 6) is 1.78. The van der Waals surface area contributed by atoms with E-state index in [2.05, 4.69) is 77.7 Å². The first-order valence-electron chi connectivity index (χ1n) is 19.2. The smallest absolute Gasteiger partial charge is 0.164 e. The summed E-state index contributed by atoms with van der Waals surface area (Å²) in [5, 5.41) is 6.01. The summed E-state index contributed by atoms with van der Waals surface area (Å²) < 4.78 is 19.6. The van der Waals surface area contributed by atoms with Crippen molar-refractivity contribution in [3.63, 3.8) is 0 Å². The van der Waals surface area contributed by atoms with Crippen molar-refractivity contribution in [3.05, 3.63) is 182 Å². The second-order valence-corrected chi connectivity index (χ2v) is 14.3. The third-order valence-corrected chi connectivity index (χ3v) is 10.9. The van der Waals surface area contributed by atoms with Gasteiger partial charge in [0, 0.05) is 50.0 Å². The largest absolute Gasteiger partial charge is 0.456 e. The van der Waals surface area contributed by atoms with Gasteiger partial charge in [-0.05, 0) is 54.6 Å². The third-order valence-electron chi connectivity index (χ3n) is 10.9. The number of nitrogens with zero attached hydrogens (tertiary/aromatic N) is 4. The van der Waals surface area contributed by atoms with Gasteiger partial charge < -0.3 is 18.2 Å². The summed E-state index contributed by atoms with van der Waals surface area (Å²) >= 11 is 0. The average molecular weight is 747 g/mol. The van der Waals surface area contributed by atoms with Crippen molar-refractivity contribution < 1.29 is 13.3 Å². The molecule has 12 rings (SSSR count). The molecule has 272 valence electrons. The molecule has 12 aromatic rings. The Morgan fingerprint density at radius 1 is 0.328 bits per heavy atom. The van der Waals surface area contributed by atoms with Crippen LogP contribution in [-0.4, -0.2) is 15.0 Å². The van der Waals surface area contributed by atoms with E-state index in [0.717, 1.165) is 99.6 Å². The molecule has 8 aromatic carbocycles. The molecule has 0 saturated carbocycles. The highest BCUT2D eigenvalue weighted by Crippen LogP contribution is 2.48. The maximum absolute atomic E-state index is 6.76. The Kier molecular flexibility index (Phi) is 7.09. The Balaban J connectivity index is 1.10. The minimum Gasteiger partial charge on any atom is -0.456 e. The summed E-state index contributed by atoms with van der Waals surface area (Å²) in [4.78, 5) is 17.4. The molecule has 0 spiro atoms. The molecule has 4 heterocycles. The van der Waals surface area contributed by atoms with Gasteiger partial charge >= 0.3 is 0 Å². The quantitative estimate of drug-likeness (QED) is 0.168. The molecule has 0 saturated heterocycles. The van der Waals surface area contributed by atoms with Gasteiger partial charge in [-0.15, -0.1) is 0 Å². The van der Waals surface area contributed by atoms with E-state index in [1.165, 1.54) is 0 Å². The van der Waals surface area contributed by atoms with Gasteiger partial charge in [0.25, 0.3) is 0 Å². The van der Waals surface area contributed by atoms with E-state index < -0.39 is 0 Å². The van der Waals surface area contributed by atoms with Crippen molar-refractivity contribution in [2.75, 3.05) is 4.90 Å². The lowest BCUT2D eigenvalue weighted by Crippen LogP contribution is -2.10. The Bertz CT molecular complexity index is 3360. The molecule has 0 amide bonds. The molecule has 0 N–H and O–H groups in total. The Hall–Kier alpha value is -8.03. The molecule has 0 aliphatic heterocycles. The van der Waals surface area contributed by atoms with Crippen molar-refractivity contribution in [2.45, 2.75) is 0 Å². The second-order valence-electron chi connectivity index (χ2n) is 14.3. The van der Waals surface area contributed by atoms with Crippen molar-refractivity contribution in [1.29, 1.82) is 0 Å². The Morgan fingerprint density at radius 3 is 1.36 bits per heavy atom. The standard InChI is InChI=1S/C51H30N4O3/c1-3-14-31(15-4-1)49-52-50(32-16-5-2-6-17-32)54-51(53-49)37-20-11-25-42-46(37)36-29-28-33(30-45(36)58-42)55(38-21-12-26-43-47(38)34-18-7-9-23-40(34)56-43)39-22-13-27-44-48(39)35-19-8-10-24-41(35)57-44/h1-30H. The molecule has 0 aliphatic carbocycles. The number of rotatable bonds is 6. The molecule has 0 radical (unpaired) electrons. The first kappa shape index (κ1) is 32.2. The zero-order chi connectivity index (χ0) is 38.2. The number of benzene rings is 8. The van der Waals surface area contributed by atoms with E-state index in [-0.39, 0.29) is 0 Å². The number of furan rings is 3. The van der Waals surface area contributed by atoms with Gasteiger partial charge in [-0.25, -0.2) is 15.0 Å². The highest BCUT2D eigenvalue weighted by Gasteiger charge is 2.25. The summed E-state index contributed by atoms with van der Waals surface area (Å²) in [7, 11) is 0. The summed E-state index contributed by atoms with van der Waals surface area (Å²) in [5.41, 5.74) is 10.3. The lowest BCUT2D eigenvalue weighted by molar-refractivity contribution is 0.668. The van der Waals surface area contributed by atoms with Crippen LogP contribution < -0.4 is 4.90 Å². The average Bonchev–Trinajstić information content (AvgIpc) is 3.98. The van der Waals surface area contributed by atoms with E-state index in [1.54, 1.807) is 0 Å². The monoisotopic (exact) mass is 746 g/mol. The van der Waals surface area contributed by atoms with Gasteiger partial charge in [-0.2, -0.15) is 0 Å². The molecular weight excluding hydrogens is 717 g/mol. The van der Waals surface area contributed by atoms with Crippen LogP contribution in [0.15, 0.2) is 195 Å². The van der Waals surface area contributed by atoms with Crippen LogP contribution in [0.3, 0.4) is 0 Å². The van der Waals surface area contributed by atoms with Gasteiger partial charge in [0.05, 0.1) is 22.1 Å². The van der Waals surface area contributed by atoms with Crippen molar-refractivity contribution in [1.82, 2.24) is 15.0 Å². The van der Waals surface area contributed by atoms with Crippen LogP contribution in [0.1, 0.15) is 0 Å². The first-order chi connectivity index (χ1) is 28.7. The zero-order valence-corrected chi connectivity index (χ0v) is 30.8. The van der Waals surface area contributed by atoms with Gasteiger partial charge in [-0.1, -0.05) is 121 Å². The third kappa shape index (κ3) is 5.04. The second kappa shape index (κ2) is 12.8. The molecule has 4 aromatic heterocycles. The van der Waals surface area contributed by atoms with E-state index in [1.807, 2.05) is 109 Å². The van der Waals surface area contributed by atoms with E-state index in [4.69, 9.17) is 28.2 Å². The number of hydrogen-bond donors (Lipinski definition) is 0. The molecule has 7 nitrogen and oxygen atoms in total. The maximum atomic E-state index is 6.76. The Labute approximate surface area is 331 Å². The topological polar surface area (TPSA) is 81.3 Å². The van der Waals surface area contributed by atoms with Crippen LogP contribution in [-0.2, 0) is 0 Å². The molecule has 58 heavy (non-hydrogen) atoms. The number of anilines is 3. The minimum absolute atomic E-state index is 0.573. The van der Waals surface area contributed by atoms with Crippen LogP contribution in [0.25, 0.3) is 100.0 Å². The Morgan fingerprint density at radius 2 is 0.776 bits per heavy atom. The predicted molar refractivity (Wildman–Crippen MR) is 233 cm³/mol. The van der Waals surface area contributed by atoms with Crippen molar-refractivity contribution in [3.8, 4) is 34.2 Å². The van der Waals surface area contributed by atoms with Crippen LogP contribution in [0.4, 0.5) is 17.1 Å². The highest BCUT2D eigenvalue weighted by molar-refractivity contribution is 6.19. The van der Waals surface area contributed by atoms with Crippen LogP contribution in [0.2, 0.25) is 0 Å². The molecule has 7 heteroatoms. The van der Waals surface area contributed by atoms with Crippen LogP contribution in [0, 0.1) is 0 Å². The lowest BCUT2D eigenvalue weighted by Gasteiger charge is -2.27. The van der Waals surface area contributed by atoms with E-state index >= 15 is 0 Å². The van der Waals surface area contributed by atoms with Crippen LogP contribution >= 0.6 is 0 Å². The molecule has 0 unspecified atom stereocenters. The fourth-order valence-electron chi connectivity index (χ4n) is 8.36. The number of aromatic nitrogens is 3. The van der Waals surface area contributed by atoms with Gasteiger partial charge in [0.1, 0.15) is 33.5 Å².